The van der Waals surface area contributed by atoms with E-state index >= 15 is 0 Å². The number of H-pyrrole nitrogens is 1. The Morgan fingerprint density at radius 2 is 1.89 bits per heavy atom. The average Bonchev–Trinajstić information content (AvgIpc) is 2.80. The monoisotopic (exact) mass is 245 g/mol. The molecule has 2 aromatic rings. The smallest absolute Gasteiger partial charge is 0.146 e. The number of aromatic nitrogens is 2. The van der Waals surface area contributed by atoms with E-state index in [0.29, 0.717) is 13.2 Å². The first kappa shape index (κ1) is 12.6. The summed E-state index contributed by atoms with van der Waals surface area (Å²) < 4.78 is 5.78. The van der Waals surface area contributed by atoms with Crippen LogP contribution in [0.5, 0.6) is 5.75 Å². The van der Waals surface area contributed by atoms with Crippen molar-refractivity contribution in [2.24, 2.45) is 5.73 Å². The van der Waals surface area contributed by atoms with E-state index in [1.165, 1.54) is 11.1 Å². The summed E-state index contributed by atoms with van der Waals surface area (Å²) in [5, 5.41) is 0. The summed E-state index contributed by atoms with van der Waals surface area (Å²) in [6.45, 7) is 7.14. The number of hydrogen-bond acceptors (Lipinski definition) is 3. The largest absolute Gasteiger partial charge is 0.485 e. The van der Waals surface area contributed by atoms with E-state index in [-0.39, 0.29) is 0 Å². The third kappa shape index (κ3) is 2.71. The molecular formula is C14H19N3O. The van der Waals surface area contributed by atoms with Crippen molar-refractivity contribution < 1.29 is 4.74 Å². The lowest BCUT2D eigenvalue weighted by Gasteiger charge is -2.10. The minimum Gasteiger partial charge on any atom is -0.485 e. The summed E-state index contributed by atoms with van der Waals surface area (Å²) in [6, 6.07) is 4.20. The third-order valence-corrected chi connectivity index (χ3v) is 3.06. The van der Waals surface area contributed by atoms with Gasteiger partial charge in [0.1, 0.15) is 18.2 Å². The van der Waals surface area contributed by atoms with Crippen LogP contribution in [0.4, 0.5) is 0 Å². The van der Waals surface area contributed by atoms with Gasteiger partial charge in [-0.15, -0.1) is 0 Å². The van der Waals surface area contributed by atoms with Gasteiger partial charge in [0.2, 0.25) is 0 Å². The highest BCUT2D eigenvalue weighted by Gasteiger charge is 2.05. The van der Waals surface area contributed by atoms with Gasteiger partial charge >= 0.3 is 0 Å². The summed E-state index contributed by atoms with van der Waals surface area (Å²) in [6.07, 6.45) is 1.74. The number of nitrogens with one attached hydrogen (secondary N) is 1. The zero-order chi connectivity index (χ0) is 13.1. The molecule has 18 heavy (non-hydrogen) atoms. The van der Waals surface area contributed by atoms with E-state index in [2.05, 4.69) is 42.9 Å². The van der Waals surface area contributed by atoms with Gasteiger partial charge in [-0.2, -0.15) is 0 Å². The van der Waals surface area contributed by atoms with Crippen LogP contribution in [0.1, 0.15) is 28.2 Å². The van der Waals surface area contributed by atoms with Crippen LogP contribution in [0.3, 0.4) is 0 Å². The molecule has 3 N–H and O–H groups in total. The van der Waals surface area contributed by atoms with Crippen LogP contribution in [-0.2, 0) is 13.2 Å². The molecule has 0 saturated carbocycles. The first-order valence-electron chi connectivity index (χ1n) is 6.03. The van der Waals surface area contributed by atoms with E-state index in [1.807, 2.05) is 0 Å². The second-order valence-electron chi connectivity index (χ2n) is 4.55. The number of nitrogens with zero attached hydrogens (tertiary/aromatic N) is 1. The molecule has 0 radical (unpaired) electrons. The van der Waals surface area contributed by atoms with Gasteiger partial charge in [-0.3, -0.25) is 0 Å². The first-order valence-corrected chi connectivity index (χ1v) is 6.03. The van der Waals surface area contributed by atoms with Crippen LogP contribution in [-0.4, -0.2) is 9.97 Å². The molecule has 0 aliphatic heterocycles. The molecule has 0 fully saturated rings. The third-order valence-electron chi connectivity index (χ3n) is 3.06. The predicted octanol–water partition coefficient (Wildman–Crippen LogP) is 2.37. The highest BCUT2D eigenvalue weighted by Crippen LogP contribution is 2.22. The molecule has 1 heterocycles. The van der Waals surface area contributed by atoms with Crippen molar-refractivity contribution in [3.8, 4) is 5.75 Å². The Bertz CT molecular complexity index is 546. The Hall–Kier alpha value is -1.81. The number of benzene rings is 1. The number of hydrogen-bond donors (Lipinski definition) is 2. The average molecular weight is 245 g/mol. The van der Waals surface area contributed by atoms with Crippen LogP contribution in [0.15, 0.2) is 18.3 Å². The van der Waals surface area contributed by atoms with Crippen LogP contribution in [0.25, 0.3) is 0 Å². The SMILES string of the molecule is Cc1cc(C)c(OCc2ncc(CN)[nH]2)cc1C. The zero-order valence-corrected chi connectivity index (χ0v) is 11.1. The lowest BCUT2D eigenvalue weighted by Crippen LogP contribution is -2.01. The molecule has 0 saturated heterocycles. The summed E-state index contributed by atoms with van der Waals surface area (Å²) >= 11 is 0. The number of ether oxygens (including phenoxy) is 1. The molecule has 0 atom stereocenters. The summed E-state index contributed by atoms with van der Waals surface area (Å²) in [4.78, 5) is 7.33. The maximum atomic E-state index is 5.78. The molecule has 0 amide bonds. The Morgan fingerprint density at radius 3 is 2.56 bits per heavy atom. The van der Waals surface area contributed by atoms with Gasteiger partial charge < -0.3 is 15.5 Å². The molecule has 4 nitrogen and oxygen atoms in total. The van der Waals surface area contributed by atoms with Crippen molar-refractivity contribution in [3.63, 3.8) is 0 Å². The van der Waals surface area contributed by atoms with Crippen molar-refractivity contribution in [1.82, 2.24) is 9.97 Å². The molecule has 0 unspecified atom stereocenters. The summed E-state index contributed by atoms with van der Waals surface area (Å²) in [5.41, 5.74) is 10.1. The number of aromatic amines is 1. The number of rotatable bonds is 4. The normalized spacial score (nSPS) is 10.7. The Labute approximate surface area is 107 Å². The van der Waals surface area contributed by atoms with Crippen LogP contribution in [0.2, 0.25) is 0 Å². The van der Waals surface area contributed by atoms with Gasteiger partial charge in [-0.05, 0) is 43.5 Å². The molecule has 0 bridgehead atoms. The van der Waals surface area contributed by atoms with E-state index in [4.69, 9.17) is 10.5 Å². The van der Waals surface area contributed by atoms with Gasteiger partial charge in [0, 0.05) is 18.4 Å². The maximum absolute atomic E-state index is 5.78. The Balaban J connectivity index is 2.08. The lowest BCUT2D eigenvalue weighted by atomic mass is 10.1. The molecule has 2 rings (SSSR count). The van der Waals surface area contributed by atoms with Crippen LogP contribution in [0, 0.1) is 20.8 Å². The molecule has 0 aliphatic rings. The fraction of sp³-hybridized carbons (Fsp3) is 0.357. The maximum Gasteiger partial charge on any atom is 0.146 e. The first-order chi connectivity index (χ1) is 8.60. The number of aryl methyl sites for hydroxylation is 3. The van der Waals surface area contributed by atoms with Crippen molar-refractivity contribution in [2.75, 3.05) is 0 Å². The van der Waals surface area contributed by atoms with E-state index in [9.17, 15) is 0 Å². The Morgan fingerprint density at radius 1 is 1.17 bits per heavy atom. The molecular weight excluding hydrogens is 226 g/mol. The quantitative estimate of drug-likeness (QED) is 0.869. The van der Waals surface area contributed by atoms with Crippen LogP contribution >= 0.6 is 0 Å². The van der Waals surface area contributed by atoms with Gasteiger partial charge in [0.05, 0.1) is 0 Å². The minimum atomic E-state index is 0.434. The second-order valence-corrected chi connectivity index (χ2v) is 4.55. The van der Waals surface area contributed by atoms with E-state index < -0.39 is 0 Å². The summed E-state index contributed by atoms with van der Waals surface area (Å²) in [5.74, 6) is 1.71. The Kier molecular flexibility index (Phi) is 3.67. The van der Waals surface area contributed by atoms with Crippen LogP contribution < -0.4 is 10.5 Å². The predicted molar refractivity (Wildman–Crippen MR) is 71.5 cm³/mol. The molecule has 96 valence electrons. The highest BCUT2D eigenvalue weighted by atomic mass is 16.5. The van der Waals surface area contributed by atoms with Gasteiger partial charge in [-0.1, -0.05) is 6.07 Å². The molecule has 1 aromatic carbocycles. The highest BCUT2D eigenvalue weighted by molar-refractivity contribution is 5.40. The van der Waals surface area contributed by atoms with Crippen molar-refractivity contribution in [1.29, 1.82) is 0 Å². The number of imidazole rings is 1. The van der Waals surface area contributed by atoms with Crippen molar-refractivity contribution in [3.05, 3.63) is 46.5 Å². The van der Waals surface area contributed by atoms with E-state index in [1.54, 1.807) is 6.20 Å². The minimum absolute atomic E-state index is 0.434. The van der Waals surface area contributed by atoms with Crippen molar-refractivity contribution in [2.45, 2.75) is 33.9 Å². The fourth-order valence-electron chi connectivity index (χ4n) is 1.82. The molecule has 0 aliphatic carbocycles. The molecule has 4 heteroatoms. The molecule has 0 spiro atoms. The van der Waals surface area contributed by atoms with Gasteiger partial charge in [-0.25, -0.2) is 4.98 Å². The standard InChI is InChI=1S/C14H19N3O/c1-9-4-11(3)13(5-10(9)2)18-8-14-16-7-12(6-15)17-14/h4-5,7H,6,8,15H2,1-3H3,(H,16,17). The van der Waals surface area contributed by atoms with Gasteiger partial charge in [0.15, 0.2) is 0 Å². The number of nitrogens with two attached hydrogens (primary N) is 1. The summed E-state index contributed by atoms with van der Waals surface area (Å²) in [7, 11) is 0. The molecule has 1 aromatic heterocycles. The second kappa shape index (κ2) is 5.23. The topological polar surface area (TPSA) is 63.9 Å². The zero-order valence-electron chi connectivity index (χ0n) is 11.1. The van der Waals surface area contributed by atoms with Crippen molar-refractivity contribution >= 4 is 0 Å². The fourth-order valence-corrected chi connectivity index (χ4v) is 1.82. The van der Waals surface area contributed by atoms with Gasteiger partial charge in [0.25, 0.3) is 0 Å². The lowest BCUT2D eigenvalue weighted by molar-refractivity contribution is 0.294. The van der Waals surface area contributed by atoms with E-state index in [0.717, 1.165) is 22.8 Å².